The molecule has 4 atom stereocenters. The van der Waals surface area contributed by atoms with Gasteiger partial charge in [0.05, 0.1) is 0 Å². The average Bonchev–Trinajstić information content (AvgIpc) is 2.50. The van der Waals surface area contributed by atoms with Gasteiger partial charge in [0.25, 0.3) is 0 Å². The summed E-state index contributed by atoms with van der Waals surface area (Å²) in [6.07, 6.45) is 10.7. The zero-order valence-electron chi connectivity index (χ0n) is 15.1. The number of hydrogen-bond acceptors (Lipinski definition) is 1. The third kappa shape index (κ3) is 4.57. The zero-order valence-corrected chi connectivity index (χ0v) is 15.1. The maximum Gasteiger partial charge on any atom is 0.101 e. The maximum atomic E-state index is 14.0. The molecule has 128 valence electrons. The molecule has 0 aromatic rings. The van der Waals surface area contributed by atoms with Crippen molar-refractivity contribution < 1.29 is 4.39 Å². The van der Waals surface area contributed by atoms with Crippen LogP contribution < -0.4 is 5.32 Å². The molecule has 0 aliphatic heterocycles. The molecule has 2 aliphatic rings. The van der Waals surface area contributed by atoms with Gasteiger partial charge < -0.3 is 5.32 Å². The van der Waals surface area contributed by atoms with Crippen LogP contribution in [0.2, 0.25) is 0 Å². The predicted octanol–water partition coefficient (Wildman–Crippen LogP) is 5.65. The highest BCUT2D eigenvalue weighted by molar-refractivity contribution is 5.16. The third-order valence-corrected chi connectivity index (χ3v) is 6.22. The van der Waals surface area contributed by atoms with E-state index in [1.165, 1.54) is 37.7 Å². The van der Waals surface area contributed by atoms with E-state index in [1.807, 2.05) is 0 Å². The van der Waals surface area contributed by atoms with E-state index in [-0.39, 0.29) is 0 Å². The average molecular weight is 310 g/mol. The smallest absolute Gasteiger partial charge is 0.101 e. The van der Waals surface area contributed by atoms with Gasteiger partial charge in [-0.05, 0) is 76.5 Å². The quantitative estimate of drug-likeness (QED) is 0.647. The second kappa shape index (κ2) is 8.47. The first-order valence-electron chi connectivity index (χ1n) is 9.61. The maximum absolute atomic E-state index is 14.0. The summed E-state index contributed by atoms with van der Waals surface area (Å²) in [5.74, 6) is 2.02. The molecule has 2 saturated carbocycles. The highest BCUT2D eigenvalue weighted by atomic mass is 19.1. The van der Waals surface area contributed by atoms with Crippen molar-refractivity contribution in [1.29, 1.82) is 0 Å². The van der Waals surface area contributed by atoms with Gasteiger partial charge in [-0.3, -0.25) is 0 Å². The van der Waals surface area contributed by atoms with Crippen LogP contribution in [0.15, 0.2) is 11.6 Å². The molecule has 0 saturated heterocycles. The molecule has 1 N–H and O–H groups in total. The van der Waals surface area contributed by atoms with Crippen LogP contribution in [-0.4, -0.2) is 18.3 Å². The minimum absolute atomic E-state index is 0.396. The Kier molecular flexibility index (Phi) is 6.92. The van der Waals surface area contributed by atoms with E-state index in [2.05, 4.69) is 39.1 Å². The van der Waals surface area contributed by atoms with Crippen LogP contribution in [-0.2, 0) is 0 Å². The second-order valence-corrected chi connectivity index (χ2v) is 7.82. The van der Waals surface area contributed by atoms with E-state index in [1.54, 1.807) is 0 Å². The van der Waals surface area contributed by atoms with Gasteiger partial charge in [0, 0.05) is 12.1 Å². The summed E-state index contributed by atoms with van der Waals surface area (Å²) < 4.78 is 14.0. The predicted molar refractivity (Wildman–Crippen MR) is 93.8 cm³/mol. The Bertz CT molecular complexity index is 357. The third-order valence-electron chi connectivity index (χ3n) is 6.22. The van der Waals surface area contributed by atoms with Crippen LogP contribution in [0.25, 0.3) is 0 Å². The summed E-state index contributed by atoms with van der Waals surface area (Å²) >= 11 is 0. The molecule has 0 amide bonds. The van der Waals surface area contributed by atoms with E-state index < -0.39 is 6.17 Å². The van der Waals surface area contributed by atoms with Crippen LogP contribution >= 0.6 is 0 Å². The van der Waals surface area contributed by atoms with E-state index in [4.69, 9.17) is 0 Å². The molecule has 0 aromatic heterocycles. The van der Waals surface area contributed by atoms with Crippen LogP contribution in [0.3, 0.4) is 0 Å². The van der Waals surface area contributed by atoms with Crippen molar-refractivity contribution in [2.24, 2.45) is 17.8 Å². The van der Waals surface area contributed by atoms with Crippen LogP contribution in [0.4, 0.5) is 4.39 Å². The summed E-state index contributed by atoms with van der Waals surface area (Å²) in [6.45, 7) is 9.07. The molecule has 1 nitrogen and oxygen atoms in total. The van der Waals surface area contributed by atoms with Gasteiger partial charge in [-0.2, -0.15) is 0 Å². The summed E-state index contributed by atoms with van der Waals surface area (Å²) in [4.78, 5) is 0. The minimum Gasteiger partial charge on any atom is -0.308 e. The summed E-state index contributed by atoms with van der Waals surface area (Å²) in [7, 11) is 0. The Morgan fingerprint density at radius 3 is 2.45 bits per heavy atom. The topological polar surface area (TPSA) is 12.0 Å². The molecule has 2 fully saturated rings. The Labute approximate surface area is 137 Å². The fourth-order valence-corrected chi connectivity index (χ4v) is 4.74. The van der Waals surface area contributed by atoms with Gasteiger partial charge in [-0.25, -0.2) is 4.39 Å². The van der Waals surface area contributed by atoms with Gasteiger partial charge in [-0.1, -0.05) is 31.9 Å². The normalized spacial score (nSPS) is 38.8. The van der Waals surface area contributed by atoms with E-state index in [0.29, 0.717) is 23.9 Å². The minimum atomic E-state index is -0.592. The van der Waals surface area contributed by atoms with Gasteiger partial charge >= 0.3 is 0 Å². The number of allylic oxidation sites excluding steroid dienone is 1. The molecule has 2 rings (SSSR count). The van der Waals surface area contributed by atoms with Crippen molar-refractivity contribution in [3.8, 4) is 0 Å². The summed E-state index contributed by atoms with van der Waals surface area (Å²) in [5.41, 5.74) is 1.47. The number of nitrogens with one attached hydrogen (secondary N) is 1. The molecule has 2 aliphatic carbocycles. The van der Waals surface area contributed by atoms with E-state index in [9.17, 15) is 4.39 Å². The van der Waals surface area contributed by atoms with Crippen LogP contribution in [0, 0.1) is 17.8 Å². The Balaban J connectivity index is 1.97. The summed E-state index contributed by atoms with van der Waals surface area (Å²) in [6, 6.07) is 1.05. The Hall–Kier alpha value is -0.370. The van der Waals surface area contributed by atoms with Crippen molar-refractivity contribution >= 4 is 0 Å². The molecule has 22 heavy (non-hydrogen) atoms. The Morgan fingerprint density at radius 1 is 1.18 bits per heavy atom. The lowest BCUT2D eigenvalue weighted by atomic mass is 9.71. The van der Waals surface area contributed by atoms with Crippen molar-refractivity contribution in [1.82, 2.24) is 5.32 Å². The molecular weight excluding hydrogens is 273 g/mol. The fraction of sp³-hybridized carbons (Fsp3) is 0.900. The van der Waals surface area contributed by atoms with Crippen molar-refractivity contribution in [3.63, 3.8) is 0 Å². The highest BCUT2D eigenvalue weighted by Gasteiger charge is 2.33. The number of rotatable bonds is 5. The van der Waals surface area contributed by atoms with Gasteiger partial charge in [0.2, 0.25) is 0 Å². The molecule has 2 unspecified atom stereocenters. The largest absolute Gasteiger partial charge is 0.308 e. The fourth-order valence-electron chi connectivity index (χ4n) is 4.74. The first kappa shape index (κ1) is 18.0. The van der Waals surface area contributed by atoms with Crippen LogP contribution in [0.1, 0.15) is 79.1 Å². The molecule has 0 spiro atoms. The number of hydrogen-bond donors (Lipinski definition) is 1. The molecule has 0 bridgehead atoms. The van der Waals surface area contributed by atoms with Crippen molar-refractivity contribution in [2.75, 3.05) is 0 Å². The van der Waals surface area contributed by atoms with E-state index in [0.717, 1.165) is 25.2 Å². The molecular formula is C20H36FN. The second-order valence-electron chi connectivity index (χ2n) is 7.82. The molecule has 0 heterocycles. The SMILES string of the molecule is C/C=C(\C1CC(F)CC[C@H]1CC)[C@H](C)NC1CCC(C)CC1. The summed E-state index contributed by atoms with van der Waals surface area (Å²) in [5, 5.41) is 3.86. The molecule has 2 heteroatoms. The lowest BCUT2D eigenvalue weighted by molar-refractivity contribution is 0.151. The van der Waals surface area contributed by atoms with Gasteiger partial charge in [0.1, 0.15) is 6.17 Å². The van der Waals surface area contributed by atoms with Crippen LogP contribution in [0.5, 0.6) is 0 Å². The number of halogens is 1. The zero-order chi connectivity index (χ0) is 16.1. The van der Waals surface area contributed by atoms with E-state index >= 15 is 0 Å². The first-order chi connectivity index (χ1) is 10.5. The van der Waals surface area contributed by atoms with Gasteiger partial charge in [-0.15, -0.1) is 0 Å². The first-order valence-corrected chi connectivity index (χ1v) is 9.61. The number of alkyl halides is 1. The standard InChI is InChI=1S/C20H36FN/c1-5-16-9-10-17(21)13-20(16)19(6-2)15(4)22-18-11-7-14(3)8-12-18/h6,14-18,20,22H,5,7-13H2,1-4H3/b19-6-/t14?,15-,16+,17?,18?,20?/m0/s1. The molecule has 0 aromatic carbocycles. The lowest BCUT2D eigenvalue weighted by Crippen LogP contribution is -2.42. The molecule has 0 radical (unpaired) electrons. The van der Waals surface area contributed by atoms with Crippen molar-refractivity contribution in [3.05, 3.63) is 11.6 Å². The lowest BCUT2D eigenvalue weighted by Gasteiger charge is -2.38. The highest BCUT2D eigenvalue weighted by Crippen LogP contribution is 2.39. The Morgan fingerprint density at radius 2 is 1.86 bits per heavy atom. The van der Waals surface area contributed by atoms with Gasteiger partial charge in [0.15, 0.2) is 0 Å². The monoisotopic (exact) mass is 309 g/mol. The van der Waals surface area contributed by atoms with Crippen molar-refractivity contribution in [2.45, 2.75) is 97.3 Å².